The summed E-state index contributed by atoms with van der Waals surface area (Å²) in [5, 5.41) is 9.72. The van der Waals surface area contributed by atoms with Crippen molar-refractivity contribution in [2.45, 2.75) is 20.8 Å². The molecule has 2 rings (SSSR count). The summed E-state index contributed by atoms with van der Waals surface area (Å²) < 4.78 is 5.91. The summed E-state index contributed by atoms with van der Waals surface area (Å²) in [6.45, 7) is 5.44. The number of hydrogen-bond acceptors (Lipinski definition) is 4. The molecule has 2 aromatic heterocycles. The van der Waals surface area contributed by atoms with Crippen LogP contribution in [0, 0.1) is 20.8 Å². The SMILES string of the molecule is Cc1nsc(-n2c(C)cc(C(=O)O)c2C)n1. The zero-order valence-corrected chi connectivity index (χ0v) is 10.00. The third-order valence-electron chi connectivity index (χ3n) is 2.37. The smallest absolute Gasteiger partial charge is 0.337 e. The Bertz CT molecular complexity index is 556. The molecule has 0 saturated carbocycles. The molecule has 0 aromatic carbocycles. The molecule has 0 radical (unpaired) electrons. The van der Waals surface area contributed by atoms with E-state index < -0.39 is 5.97 Å². The first-order valence-corrected chi connectivity index (χ1v) is 5.51. The molecule has 0 amide bonds. The summed E-state index contributed by atoms with van der Waals surface area (Å²) >= 11 is 1.26. The highest BCUT2D eigenvalue weighted by Gasteiger charge is 2.17. The lowest BCUT2D eigenvalue weighted by Crippen LogP contribution is -2.02. The van der Waals surface area contributed by atoms with Crippen molar-refractivity contribution in [3.8, 4) is 5.13 Å². The van der Waals surface area contributed by atoms with E-state index in [0.29, 0.717) is 22.2 Å². The van der Waals surface area contributed by atoms with Gasteiger partial charge < -0.3 is 5.11 Å². The van der Waals surface area contributed by atoms with Gasteiger partial charge in [0.15, 0.2) is 0 Å². The van der Waals surface area contributed by atoms with Gasteiger partial charge in [-0.2, -0.15) is 4.37 Å². The summed E-state index contributed by atoms with van der Waals surface area (Å²) in [5.74, 6) is -0.218. The molecule has 0 bridgehead atoms. The Labute approximate surface area is 96.5 Å². The van der Waals surface area contributed by atoms with Crippen LogP contribution in [0.2, 0.25) is 0 Å². The number of carboxylic acid groups (broad SMARTS) is 1. The molecule has 0 fully saturated rings. The molecular formula is C10H11N3O2S. The molecule has 1 N–H and O–H groups in total. The van der Waals surface area contributed by atoms with Crippen LogP contribution >= 0.6 is 11.5 Å². The van der Waals surface area contributed by atoms with Crippen LogP contribution in [-0.2, 0) is 0 Å². The number of rotatable bonds is 2. The van der Waals surface area contributed by atoms with E-state index in [9.17, 15) is 4.79 Å². The molecule has 0 atom stereocenters. The average molecular weight is 237 g/mol. The highest BCUT2D eigenvalue weighted by molar-refractivity contribution is 7.08. The summed E-state index contributed by atoms with van der Waals surface area (Å²) in [6.07, 6.45) is 0. The first-order chi connectivity index (χ1) is 7.50. The number of aromatic carboxylic acids is 1. The van der Waals surface area contributed by atoms with Crippen molar-refractivity contribution in [2.24, 2.45) is 0 Å². The fraction of sp³-hybridized carbons (Fsp3) is 0.300. The summed E-state index contributed by atoms with van der Waals surface area (Å²) in [4.78, 5) is 15.2. The standard InChI is InChI=1S/C10H11N3O2S/c1-5-4-8(9(14)15)6(2)13(5)10-11-7(3)12-16-10/h4H,1-3H3,(H,14,15). The Morgan fingerprint density at radius 1 is 1.44 bits per heavy atom. The van der Waals surface area contributed by atoms with E-state index in [1.54, 1.807) is 13.0 Å². The van der Waals surface area contributed by atoms with Gasteiger partial charge in [-0.05, 0) is 26.8 Å². The highest BCUT2D eigenvalue weighted by Crippen LogP contribution is 2.21. The lowest BCUT2D eigenvalue weighted by Gasteiger charge is -2.03. The van der Waals surface area contributed by atoms with Gasteiger partial charge >= 0.3 is 5.97 Å². The molecule has 0 spiro atoms. The Balaban J connectivity index is 2.61. The minimum atomic E-state index is -0.916. The van der Waals surface area contributed by atoms with Gasteiger partial charge in [0, 0.05) is 22.9 Å². The lowest BCUT2D eigenvalue weighted by molar-refractivity contribution is 0.0696. The summed E-state index contributed by atoms with van der Waals surface area (Å²) in [6, 6.07) is 1.65. The van der Waals surface area contributed by atoms with Gasteiger partial charge in [0.1, 0.15) is 5.82 Å². The van der Waals surface area contributed by atoms with Crippen molar-refractivity contribution in [3.05, 3.63) is 28.8 Å². The van der Waals surface area contributed by atoms with Crippen LogP contribution in [0.25, 0.3) is 5.13 Å². The Morgan fingerprint density at radius 2 is 2.12 bits per heavy atom. The Kier molecular flexibility index (Phi) is 2.51. The molecule has 84 valence electrons. The van der Waals surface area contributed by atoms with E-state index in [-0.39, 0.29) is 0 Å². The van der Waals surface area contributed by atoms with E-state index in [2.05, 4.69) is 9.36 Å². The number of aryl methyl sites for hydroxylation is 2. The highest BCUT2D eigenvalue weighted by atomic mass is 32.1. The van der Waals surface area contributed by atoms with E-state index >= 15 is 0 Å². The van der Waals surface area contributed by atoms with E-state index in [4.69, 9.17) is 5.11 Å². The first-order valence-electron chi connectivity index (χ1n) is 4.73. The van der Waals surface area contributed by atoms with Crippen LogP contribution < -0.4 is 0 Å². The van der Waals surface area contributed by atoms with Crippen LogP contribution in [0.1, 0.15) is 27.6 Å². The maximum absolute atomic E-state index is 11.0. The third-order valence-corrected chi connectivity index (χ3v) is 3.16. The van der Waals surface area contributed by atoms with Gasteiger partial charge in [-0.25, -0.2) is 9.78 Å². The number of aromatic nitrogens is 3. The molecule has 0 aliphatic rings. The van der Waals surface area contributed by atoms with Crippen molar-refractivity contribution in [1.29, 1.82) is 0 Å². The van der Waals surface area contributed by atoms with Crippen molar-refractivity contribution in [1.82, 2.24) is 13.9 Å². The molecule has 0 unspecified atom stereocenters. The molecule has 6 heteroatoms. The molecule has 2 aromatic rings. The molecule has 0 saturated heterocycles. The Morgan fingerprint density at radius 3 is 2.56 bits per heavy atom. The molecule has 2 heterocycles. The van der Waals surface area contributed by atoms with Crippen molar-refractivity contribution < 1.29 is 9.90 Å². The Hall–Kier alpha value is -1.69. The molecular weight excluding hydrogens is 226 g/mol. The topological polar surface area (TPSA) is 68.0 Å². The van der Waals surface area contributed by atoms with Crippen LogP contribution in [-0.4, -0.2) is 25.0 Å². The third kappa shape index (κ3) is 1.61. The van der Waals surface area contributed by atoms with Gasteiger partial charge in [0.05, 0.1) is 5.56 Å². The van der Waals surface area contributed by atoms with Crippen LogP contribution in [0.5, 0.6) is 0 Å². The van der Waals surface area contributed by atoms with Crippen LogP contribution in [0.15, 0.2) is 6.07 Å². The maximum Gasteiger partial charge on any atom is 0.337 e. The quantitative estimate of drug-likeness (QED) is 0.866. The fourth-order valence-corrected chi connectivity index (χ4v) is 2.44. The number of hydrogen-bond donors (Lipinski definition) is 1. The van der Waals surface area contributed by atoms with Gasteiger partial charge in [0.2, 0.25) is 5.13 Å². The minimum absolute atomic E-state index is 0.311. The number of nitrogens with zero attached hydrogens (tertiary/aromatic N) is 3. The lowest BCUT2D eigenvalue weighted by atomic mass is 10.2. The predicted octanol–water partition coefficient (Wildman–Crippen LogP) is 1.95. The second kappa shape index (κ2) is 3.71. The van der Waals surface area contributed by atoms with Crippen molar-refractivity contribution in [3.63, 3.8) is 0 Å². The summed E-state index contributed by atoms with van der Waals surface area (Å²) in [5.41, 5.74) is 1.84. The van der Waals surface area contributed by atoms with Gasteiger partial charge in [0.25, 0.3) is 0 Å². The maximum atomic E-state index is 11.0. The van der Waals surface area contributed by atoms with Gasteiger partial charge in [-0.3, -0.25) is 4.57 Å². The minimum Gasteiger partial charge on any atom is -0.478 e. The number of carbonyl (C=O) groups is 1. The zero-order chi connectivity index (χ0) is 11.9. The average Bonchev–Trinajstić information content (AvgIpc) is 2.71. The zero-order valence-electron chi connectivity index (χ0n) is 9.18. The molecule has 0 aliphatic carbocycles. The van der Waals surface area contributed by atoms with Crippen molar-refractivity contribution in [2.75, 3.05) is 0 Å². The molecule has 16 heavy (non-hydrogen) atoms. The van der Waals surface area contributed by atoms with Crippen LogP contribution in [0.3, 0.4) is 0 Å². The fourth-order valence-electron chi connectivity index (χ4n) is 1.65. The summed E-state index contributed by atoms with van der Waals surface area (Å²) in [7, 11) is 0. The van der Waals surface area contributed by atoms with E-state index in [1.807, 2.05) is 18.4 Å². The van der Waals surface area contributed by atoms with Gasteiger partial charge in [-0.1, -0.05) is 0 Å². The van der Waals surface area contributed by atoms with Crippen molar-refractivity contribution >= 4 is 17.5 Å². The number of carboxylic acids is 1. The largest absolute Gasteiger partial charge is 0.478 e. The van der Waals surface area contributed by atoms with Crippen LogP contribution in [0.4, 0.5) is 0 Å². The van der Waals surface area contributed by atoms with E-state index in [1.165, 1.54) is 11.5 Å². The van der Waals surface area contributed by atoms with E-state index in [0.717, 1.165) is 5.69 Å². The second-order valence-corrected chi connectivity index (χ2v) is 4.28. The molecule has 5 nitrogen and oxygen atoms in total. The normalized spacial score (nSPS) is 10.7. The first kappa shape index (κ1) is 10.8. The second-order valence-electron chi connectivity index (χ2n) is 3.55. The monoisotopic (exact) mass is 237 g/mol. The predicted molar refractivity (Wildman–Crippen MR) is 60.4 cm³/mol. The van der Waals surface area contributed by atoms with Gasteiger partial charge in [-0.15, -0.1) is 0 Å². The molecule has 0 aliphatic heterocycles.